The van der Waals surface area contributed by atoms with Crippen molar-refractivity contribution in [2.24, 2.45) is 0 Å². The molecule has 0 saturated carbocycles. The van der Waals surface area contributed by atoms with Gasteiger partial charge in [0.05, 0.1) is 37.0 Å². The maximum Gasteiger partial charge on any atom is 0.300 e. The molecule has 2 aromatic heterocycles. The number of aromatic hydroxyl groups is 2. The molecule has 8 nitrogen and oxygen atoms in total. The third kappa shape index (κ3) is 8.20. The summed E-state index contributed by atoms with van der Waals surface area (Å²) in [6.07, 6.45) is 4.85. The summed E-state index contributed by atoms with van der Waals surface area (Å²) >= 11 is 0. The Kier molecular flexibility index (Phi) is 12.1. The molecule has 0 unspecified atom stereocenters. The zero-order chi connectivity index (χ0) is 29.2. The Bertz CT molecular complexity index is 1420. The molecule has 0 fully saturated rings. The van der Waals surface area contributed by atoms with Crippen molar-refractivity contribution in [3.8, 4) is 56.9 Å². The van der Waals surface area contributed by atoms with E-state index >= 15 is 0 Å². The van der Waals surface area contributed by atoms with Crippen molar-refractivity contribution in [1.82, 2.24) is 9.97 Å². The fourth-order valence-electron chi connectivity index (χ4n) is 4.06. The number of carboxylic acids is 1. The quantitative estimate of drug-likeness (QED) is 0.149. The molecule has 0 spiro atoms. The maximum atomic E-state index is 10.8. The molecule has 4 rings (SSSR count). The van der Waals surface area contributed by atoms with E-state index in [1.165, 1.54) is 14.2 Å². The second-order valence-electron chi connectivity index (χ2n) is 8.71. The summed E-state index contributed by atoms with van der Waals surface area (Å²) in [6.45, 7) is 8.68. The molecule has 0 bridgehead atoms. The largest absolute Gasteiger partial charge is 0.504 e. The smallest absolute Gasteiger partial charge is 0.300 e. The van der Waals surface area contributed by atoms with Gasteiger partial charge in [-0.1, -0.05) is 24.3 Å². The third-order valence-electron chi connectivity index (χ3n) is 5.78. The number of ether oxygens (including phenoxy) is 2. The normalized spacial score (nSPS) is 9.93. The van der Waals surface area contributed by atoms with E-state index in [4.69, 9.17) is 29.3 Å². The summed E-state index contributed by atoms with van der Waals surface area (Å²) < 4.78 is 10.7. The molecule has 2 aromatic carbocycles. The maximum absolute atomic E-state index is 10.8. The number of carboxylic acid groups (broad SMARTS) is 1. The Balaban J connectivity index is 0.00000110. The van der Waals surface area contributed by atoms with Crippen LogP contribution in [0.15, 0.2) is 86.0 Å². The van der Waals surface area contributed by atoms with Crippen molar-refractivity contribution in [2.45, 2.75) is 19.8 Å². The van der Waals surface area contributed by atoms with Gasteiger partial charge in [0, 0.05) is 35.1 Å². The average molecular weight is 596 g/mol. The summed E-state index contributed by atoms with van der Waals surface area (Å²) in [4.78, 5) is 18.6. The number of hydrogen-bond donors (Lipinski definition) is 3. The van der Waals surface area contributed by atoms with Gasteiger partial charge in [0.1, 0.15) is 0 Å². The first kappa shape index (κ1) is 32.6. The minimum absolute atomic E-state index is 0. The van der Waals surface area contributed by atoms with Gasteiger partial charge in [0.2, 0.25) is 0 Å². The van der Waals surface area contributed by atoms with Crippen LogP contribution in [0.3, 0.4) is 0 Å². The molecular weight excluding hydrogens is 563 g/mol. The molecule has 0 aliphatic carbocycles. The topological polar surface area (TPSA) is 122 Å². The number of hydrogen-bond acceptors (Lipinski definition) is 7. The fourth-order valence-corrected chi connectivity index (χ4v) is 4.06. The van der Waals surface area contributed by atoms with Crippen LogP contribution < -0.4 is 9.47 Å². The van der Waals surface area contributed by atoms with Crippen LogP contribution in [0.2, 0.25) is 0 Å². The predicted molar refractivity (Wildman–Crippen MR) is 156 cm³/mol. The van der Waals surface area contributed by atoms with Crippen molar-refractivity contribution in [3.05, 3.63) is 97.1 Å². The van der Waals surface area contributed by atoms with Gasteiger partial charge in [0.25, 0.3) is 5.97 Å². The predicted octanol–water partition coefficient (Wildman–Crippen LogP) is 6.45. The van der Waals surface area contributed by atoms with Crippen LogP contribution in [0.4, 0.5) is 0 Å². The fraction of sp³-hybridized carbons (Fsp3) is 0.156. The summed E-state index contributed by atoms with van der Waals surface area (Å²) in [6, 6.07) is 18.4. The standard InChI is InChI=1S/C30H28N2O4.C2H4O2.Mn/c1-5-9-19-15-21(29(33)27(17-19)35-3)23-11-7-13-25(31-23)26-14-8-12-24(32-26)22-16-20(10-6-2)18-28(36-4)30(22)34;1-2(3)4;/h5-8,11-18,33-34H,1-2,9-10H2,3-4H3;1H3,(H,3,4);. The Morgan fingerprint density at radius 2 is 1.10 bits per heavy atom. The number of nitrogens with zero attached hydrogens (tertiary/aromatic N) is 2. The van der Waals surface area contributed by atoms with Crippen LogP contribution in [-0.2, 0) is 34.7 Å². The van der Waals surface area contributed by atoms with E-state index in [-0.39, 0.29) is 28.6 Å². The van der Waals surface area contributed by atoms with Crippen molar-refractivity contribution < 1.29 is 46.7 Å². The van der Waals surface area contributed by atoms with E-state index in [1.807, 2.05) is 48.5 Å². The molecule has 0 amide bonds. The molecule has 0 aliphatic rings. The molecule has 0 atom stereocenters. The molecule has 0 aliphatic heterocycles. The SMILES string of the molecule is C=CCc1cc(OC)c(O)c(-c2cccc(-c3cccc(-c4cc(CC=C)cc(OC)c4O)n3)n2)c1.CC(=O)O.[Mn]. The zero-order valence-electron chi connectivity index (χ0n) is 23.1. The molecular formula is C32H32MnN2O6. The minimum atomic E-state index is -0.833. The second-order valence-corrected chi connectivity index (χ2v) is 8.71. The van der Waals surface area contributed by atoms with E-state index in [0.717, 1.165) is 18.1 Å². The van der Waals surface area contributed by atoms with E-state index in [1.54, 1.807) is 24.3 Å². The van der Waals surface area contributed by atoms with Crippen molar-refractivity contribution in [3.63, 3.8) is 0 Å². The van der Waals surface area contributed by atoms with Gasteiger partial charge in [-0.3, -0.25) is 4.79 Å². The summed E-state index contributed by atoms with van der Waals surface area (Å²) in [5.41, 5.74) is 5.42. The molecule has 1 radical (unpaired) electrons. The Hall–Kier alpha value is -4.59. The summed E-state index contributed by atoms with van der Waals surface area (Å²) in [5, 5.41) is 29.0. The first-order valence-electron chi connectivity index (χ1n) is 12.4. The number of aromatic nitrogens is 2. The first-order chi connectivity index (χ1) is 19.2. The van der Waals surface area contributed by atoms with E-state index < -0.39 is 5.97 Å². The summed E-state index contributed by atoms with van der Waals surface area (Å²) in [7, 11) is 3.04. The molecule has 4 aromatic rings. The van der Waals surface area contributed by atoms with Crippen LogP contribution >= 0.6 is 0 Å². The number of phenolic OH excluding ortho intramolecular Hbond substituents is 2. The number of allylic oxidation sites excluding steroid dienone is 2. The minimum Gasteiger partial charge on any atom is -0.504 e. The second kappa shape index (κ2) is 15.3. The molecule has 3 N–H and O–H groups in total. The van der Waals surface area contributed by atoms with Crippen molar-refractivity contribution >= 4 is 5.97 Å². The van der Waals surface area contributed by atoms with Crippen LogP contribution in [0.25, 0.3) is 33.9 Å². The van der Waals surface area contributed by atoms with Crippen LogP contribution in [0, 0.1) is 0 Å². The molecule has 0 saturated heterocycles. The summed E-state index contributed by atoms with van der Waals surface area (Å²) in [5.74, 6) is -0.0403. The monoisotopic (exact) mass is 595 g/mol. The number of aliphatic carboxylic acids is 1. The van der Waals surface area contributed by atoms with Gasteiger partial charge in [-0.2, -0.15) is 0 Å². The Labute approximate surface area is 250 Å². The van der Waals surface area contributed by atoms with Gasteiger partial charge >= 0.3 is 0 Å². The number of methoxy groups -OCH3 is 2. The number of rotatable bonds is 9. The number of phenols is 2. The van der Waals surface area contributed by atoms with Gasteiger partial charge in [-0.25, -0.2) is 9.97 Å². The van der Waals surface area contributed by atoms with Gasteiger partial charge < -0.3 is 24.8 Å². The van der Waals surface area contributed by atoms with E-state index in [2.05, 4.69) is 13.2 Å². The van der Waals surface area contributed by atoms with Crippen molar-refractivity contribution in [2.75, 3.05) is 14.2 Å². The Morgan fingerprint density at radius 1 is 0.756 bits per heavy atom. The van der Waals surface area contributed by atoms with Crippen LogP contribution in [-0.4, -0.2) is 45.5 Å². The third-order valence-corrected chi connectivity index (χ3v) is 5.78. The van der Waals surface area contributed by atoms with Crippen LogP contribution in [0.5, 0.6) is 23.0 Å². The number of pyridine rings is 2. The van der Waals surface area contributed by atoms with E-state index in [9.17, 15) is 10.2 Å². The molecule has 213 valence electrons. The Morgan fingerprint density at radius 3 is 1.41 bits per heavy atom. The molecule has 41 heavy (non-hydrogen) atoms. The zero-order valence-corrected chi connectivity index (χ0v) is 24.3. The van der Waals surface area contributed by atoms with Crippen LogP contribution in [0.1, 0.15) is 18.1 Å². The van der Waals surface area contributed by atoms with Crippen molar-refractivity contribution in [1.29, 1.82) is 0 Å². The number of carbonyl (C=O) groups is 1. The van der Waals surface area contributed by atoms with Gasteiger partial charge in [0.15, 0.2) is 23.0 Å². The number of benzene rings is 2. The van der Waals surface area contributed by atoms with Gasteiger partial charge in [-0.15, -0.1) is 13.2 Å². The van der Waals surface area contributed by atoms with E-state index in [0.29, 0.717) is 58.2 Å². The first-order valence-corrected chi connectivity index (χ1v) is 12.4. The average Bonchev–Trinajstić information content (AvgIpc) is 2.94. The molecule has 9 heteroatoms. The molecule has 2 heterocycles. The van der Waals surface area contributed by atoms with Gasteiger partial charge in [-0.05, 0) is 72.5 Å².